The number of fused-ring (bicyclic) bond motifs is 1. The van der Waals surface area contributed by atoms with Gasteiger partial charge in [0.1, 0.15) is 5.02 Å². The van der Waals surface area contributed by atoms with Crippen LogP contribution in [0.1, 0.15) is 36.2 Å². The van der Waals surface area contributed by atoms with Crippen LogP contribution in [0.3, 0.4) is 0 Å². The van der Waals surface area contributed by atoms with Gasteiger partial charge >= 0.3 is 0 Å². The second kappa shape index (κ2) is 7.16. The van der Waals surface area contributed by atoms with Crippen LogP contribution in [0.4, 0.5) is 5.69 Å². The first-order valence-electron chi connectivity index (χ1n) is 10.1. The second-order valence-electron chi connectivity index (χ2n) is 7.83. The number of benzene rings is 1. The summed E-state index contributed by atoms with van der Waals surface area (Å²) < 4.78 is 6.88. The minimum absolute atomic E-state index is 0.194. The molecule has 2 aromatic heterocycles. The van der Waals surface area contributed by atoms with Gasteiger partial charge in [0.25, 0.3) is 5.56 Å². The zero-order valence-electron chi connectivity index (χ0n) is 16.2. The first-order chi connectivity index (χ1) is 14.1. The van der Waals surface area contributed by atoms with Crippen molar-refractivity contribution >= 4 is 22.9 Å². The largest absolute Gasteiger partial charge is 0.378 e. The summed E-state index contributed by atoms with van der Waals surface area (Å²) >= 11 is 6.74. The molecular weight excluding hydrogens is 390 g/mol. The number of morpholine rings is 1. The smallest absolute Gasteiger partial charge is 0.272 e. The zero-order valence-corrected chi connectivity index (χ0v) is 16.9. The summed E-state index contributed by atoms with van der Waals surface area (Å²) in [5.41, 5.74) is 9.54. The number of ether oxygens (including phenoxy) is 1. The lowest BCUT2D eigenvalue weighted by molar-refractivity contribution is 0.122. The topological polar surface area (TPSA) is 88.7 Å². The van der Waals surface area contributed by atoms with Crippen LogP contribution in [0.2, 0.25) is 5.02 Å². The fourth-order valence-corrected chi connectivity index (χ4v) is 4.86. The van der Waals surface area contributed by atoms with Crippen molar-refractivity contribution in [1.29, 1.82) is 0 Å². The fourth-order valence-electron chi connectivity index (χ4n) is 4.51. The Morgan fingerprint density at radius 2 is 1.93 bits per heavy atom. The van der Waals surface area contributed by atoms with E-state index < -0.39 is 0 Å². The highest BCUT2D eigenvalue weighted by atomic mass is 35.5. The number of nitrogens with zero attached hydrogens (tertiary/aromatic N) is 3. The average Bonchev–Trinajstić information content (AvgIpc) is 3.06. The summed E-state index contributed by atoms with van der Waals surface area (Å²) in [7, 11) is 0. The van der Waals surface area contributed by atoms with E-state index in [1.54, 1.807) is 0 Å². The third kappa shape index (κ3) is 2.96. The van der Waals surface area contributed by atoms with Crippen molar-refractivity contribution in [3.05, 3.63) is 62.7 Å². The van der Waals surface area contributed by atoms with E-state index in [2.05, 4.69) is 39.2 Å². The van der Waals surface area contributed by atoms with Crippen LogP contribution in [0.5, 0.6) is 0 Å². The zero-order chi connectivity index (χ0) is 20.0. The number of halogens is 1. The highest BCUT2D eigenvalue weighted by Gasteiger charge is 2.44. The predicted octanol–water partition coefficient (Wildman–Crippen LogP) is 2.44. The van der Waals surface area contributed by atoms with Crippen molar-refractivity contribution in [3.63, 3.8) is 0 Å². The Labute approximate surface area is 173 Å². The lowest BCUT2D eigenvalue weighted by Crippen LogP contribution is -2.37. The molecule has 0 amide bonds. The molecule has 7 nitrogen and oxygen atoms in total. The highest BCUT2D eigenvalue weighted by molar-refractivity contribution is 6.34. The van der Waals surface area contributed by atoms with Gasteiger partial charge in [0.15, 0.2) is 5.65 Å². The van der Waals surface area contributed by atoms with Crippen molar-refractivity contribution < 1.29 is 4.74 Å². The van der Waals surface area contributed by atoms with E-state index in [9.17, 15) is 4.79 Å². The number of aromatic nitrogens is 3. The van der Waals surface area contributed by atoms with E-state index >= 15 is 0 Å². The van der Waals surface area contributed by atoms with Crippen molar-refractivity contribution in [1.82, 2.24) is 14.6 Å². The SMILES string of the molecule is NCc1cc(=O)n2[nH]c(C3(c4ccc(N5CCOCC5)cc4)CCC3)c(Cl)c2n1. The highest BCUT2D eigenvalue weighted by Crippen LogP contribution is 2.51. The van der Waals surface area contributed by atoms with E-state index in [1.807, 2.05) is 0 Å². The molecule has 3 heterocycles. The number of H-pyrrole nitrogens is 1. The Bertz CT molecular complexity index is 1090. The Kier molecular flexibility index (Phi) is 4.61. The van der Waals surface area contributed by atoms with Crippen LogP contribution in [0.25, 0.3) is 5.65 Å². The normalized spacial score (nSPS) is 18.8. The molecular formula is C21H24ClN5O2. The molecule has 3 N–H and O–H groups in total. The summed E-state index contributed by atoms with van der Waals surface area (Å²) in [5.74, 6) is 0. The minimum atomic E-state index is -0.219. The third-order valence-electron chi connectivity index (χ3n) is 6.30. The predicted molar refractivity (Wildman–Crippen MR) is 113 cm³/mol. The van der Waals surface area contributed by atoms with Gasteiger partial charge in [0.05, 0.1) is 24.6 Å². The fraction of sp³-hybridized carbons (Fsp3) is 0.429. The van der Waals surface area contributed by atoms with Gasteiger partial charge in [-0.25, -0.2) is 4.98 Å². The molecule has 152 valence electrons. The van der Waals surface area contributed by atoms with Gasteiger partial charge in [0.2, 0.25) is 0 Å². The number of nitrogens with one attached hydrogen (secondary N) is 1. The van der Waals surface area contributed by atoms with Crippen molar-refractivity contribution in [3.8, 4) is 0 Å². The Morgan fingerprint density at radius 1 is 1.21 bits per heavy atom. The second-order valence-corrected chi connectivity index (χ2v) is 8.21. The summed E-state index contributed by atoms with van der Waals surface area (Å²) in [4.78, 5) is 19.3. The van der Waals surface area contributed by atoms with Crippen molar-refractivity contribution in [2.45, 2.75) is 31.2 Å². The van der Waals surface area contributed by atoms with E-state index in [0.29, 0.717) is 16.4 Å². The van der Waals surface area contributed by atoms with Crippen LogP contribution in [0, 0.1) is 0 Å². The number of nitrogens with two attached hydrogens (primary N) is 1. The summed E-state index contributed by atoms with van der Waals surface area (Å²) in [6.45, 7) is 3.56. The molecule has 0 unspecified atom stereocenters. The molecule has 0 atom stereocenters. The molecule has 2 aliphatic rings. The summed E-state index contributed by atoms with van der Waals surface area (Å²) in [6, 6.07) is 10.2. The molecule has 29 heavy (non-hydrogen) atoms. The molecule has 1 aromatic carbocycles. The van der Waals surface area contributed by atoms with Crippen molar-refractivity contribution in [2.75, 3.05) is 31.2 Å². The van der Waals surface area contributed by atoms with Gasteiger partial charge < -0.3 is 15.4 Å². The van der Waals surface area contributed by atoms with Gasteiger partial charge in [-0.2, -0.15) is 4.52 Å². The lowest BCUT2D eigenvalue weighted by atomic mass is 9.62. The molecule has 1 aliphatic carbocycles. The Morgan fingerprint density at radius 3 is 2.55 bits per heavy atom. The van der Waals surface area contributed by atoms with Crippen LogP contribution in [-0.2, 0) is 16.7 Å². The van der Waals surface area contributed by atoms with Crippen LogP contribution in [-0.4, -0.2) is 40.9 Å². The van der Waals surface area contributed by atoms with Gasteiger partial charge in [0, 0.05) is 36.8 Å². The van der Waals surface area contributed by atoms with Gasteiger partial charge in [-0.3, -0.25) is 9.89 Å². The molecule has 0 spiro atoms. The number of aromatic amines is 1. The number of hydrogen-bond acceptors (Lipinski definition) is 5. The summed E-state index contributed by atoms with van der Waals surface area (Å²) in [6.07, 6.45) is 3.08. The molecule has 0 radical (unpaired) electrons. The molecule has 2 fully saturated rings. The molecule has 1 saturated carbocycles. The quantitative estimate of drug-likeness (QED) is 0.685. The van der Waals surface area contributed by atoms with E-state index in [-0.39, 0.29) is 17.5 Å². The first-order valence-corrected chi connectivity index (χ1v) is 10.4. The monoisotopic (exact) mass is 413 g/mol. The lowest BCUT2D eigenvalue weighted by Gasteiger charge is -2.42. The number of rotatable bonds is 4. The summed E-state index contributed by atoms with van der Waals surface area (Å²) in [5, 5.41) is 3.75. The van der Waals surface area contributed by atoms with Gasteiger partial charge in [-0.1, -0.05) is 30.2 Å². The van der Waals surface area contributed by atoms with E-state index in [4.69, 9.17) is 22.1 Å². The molecule has 1 aliphatic heterocycles. The van der Waals surface area contributed by atoms with Crippen molar-refractivity contribution in [2.24, 2.45) is 5.73 Å². The molecule has 3 aromatic rings. The van der Waals surface area contributed by atoms with Crippen LogP contribution >= 0.6 is 11.6 Å². The van der Waals surface area contributed by atoms with Crippen LogP contribution < -0.4 is 16.2 Å². The van der Waals surface area contributed by atoms with E-state index in [1.165, 1.54) is 21.8 Å². The standard InChI is InChI=1S/C21H24ClN5O2/c22-18-19(25-27-17(28)12-15(13-23)24-20(18)27)21(6-1-7-21)14-2-4-16(5-3-14)26-8-10-29-11-9-26/h2-5,12,25H,1,6-11,13,23H2. The Balaban J connectivity index is 1.56. The molecule has 1 saturated heterocycles. The van der Waals surface area contributed by atoms with Gasteiger partial charge in [-0.05, 0) is 30.5 Å². The number of hydrogen-bond donors (Lipinski definition) is 2. The molecule has 5 rings (SSSR count). The maximum absolute atomic E-state index is 12.5. The third-order valence-corrected chi connectivity index (χ3v) is 6.66. The average molecular weight is 414 g/mol. The minimum Gasteiger partial charge on any atom is -0.378 e. The van der Waals surface area contributed by atoms with Crippen LogP contribution in [0.15, 0.2) is 35.1 Å². The molecule has 0 bridgehead atoms. The maximum Gasteiger partial charge on any atom is 0.272 e. The van der Waals surface area contributed by atoms with E-state index in [0.717, 1.165) is 51.3 Å². The first kappa shape index (κ1) is 18.7. The Hall–Kier alpha value is -2.35. The molecule has 8 heteroatoms. The number of anilines is 1. The van der Waals surface area contributed by atoms with Gasteiger partial charge in [-0.15, -0.1) is 0 Å². The maximum atomic E-state index is 12.5.